The summed E-state index contributed by atoms with van der Waals surface area (Å²) in [6, 6.07) is 13.9. The first-order valence-corrected chi connectivity index (χ1v) is 10.3. The van der Waals surface area contributed by atoms with Gasteiger partial charge in [-0.2, -0.15) is 0 Å². The second-order valence-corrected chi connectivity index (χ2v) is 8.33. The quantitative estimate of drug-likeness (QED) is 0.844. The highest BCUT2D eigenvalue weighted by molar-refractivity contribution is 7.89. The van der Waals surface area contributed by atoms with Crippen LogP contribution < -0.4 is 19.1 Å². The number of para-hydroxylation sites is 1. The van der Waals surface area contributed by atoms with Gasteiger partial charge in [-0.1, -0.05) is 18.2 Å². The molecule has 0 spiro atoms. The molecule has 0 bridgehead atoms. The van der Waals surface area contributed by atoms with Crippen LogP contribution >= 0.6 is 0 Å². The topological polar surface area (TPSA) is 84.9 Å². The molecule has 0 unspecified atom stereocenters. The lowest BCUT2D eigenvalue weighted by Crippen LogP contribution is -2.31. The van der Waals surface area contributed by atoms with E-state index in [2.05, 4.69) is 4.72 Å². The lowest BCUT2D eigenvalue weighted by atomic mass is 10.1. The molecule has 2 aliphatic rings. The SMILES string of the molecule is O=C1C[C@@H](CNS(=O)(=O)c2ccc3c(c2)OCCO3)CN1c1ccccc1. The predicted molar refractivity (Wildman–Crippen MR) is 99.5 cm³/mol. The first-order chi connectivity index (χ1) is 13.0. The lowest BCUT2D eigenvalue weighted by Gasteiger charge is -2.19. The minimum Gasteiger partial charge on any atom is -0.486 e. The summed E-state index contributed by atoms with van der Waals surface area (Å²) in [5, 5.41) is 0. The Morgan fingerprint density at radius 1 is 1.04 bits per heavy atom. The van der Waals surface area contributed by atoms with Crippen molar-refractivity contribution >= 4 is 21.6 Å². The number of hydrogen-bond acceptors (Lipinski definition) is 5. The Bertz CT molecular complexity index is 946. The van der Waals surface area contributed by atoms with Crippen LogP contribution in [-0.2, 0) is 14.8 Å². The van der Waals surface area contributed by atoms with Gasteiger partial charge in [0.1, 0.15) is 13.2 Å². The molecule has 142 valence electrons. The monoisotopic (exact) mass is 388 g/mol. The van der Waals surface area contributed by atoms with E-state index in [1.165, 1.54) is 12.1 Å². The van der Waals surface area contributed by atoms with Gasteiger partial charge in [-0.3, -0.25) is 4.79 Å². The van der Waals surface area contributed by atoms with Crippen LogP contribution in [0.4, 0.5) is 5.69 Å². The summed E-state index contributed by atoms with van der Waals surface area (Å²) in [5.74, 6) is 0.893. The molecule has 0 aromatic heterocycles. The van der Waals surface area contributed by atoms with Crippen molar-refractivity contribution in [1.82, 2.24) is 4.72 Å². The van der Waals surface area contributed by atoms with Gasteiger partial charge in [-0.05, 0) is 30.2 Å². The Morgan fingerprint density at radius 3 is 2.56 bits per heavy atom. The second kappa shape index (κ2) is 7.21. The summed E-state index contributed by atoms with van der Waals surface area (Å²) in [4.78, 5) is 14.1. The van der Waals surface area contributed by atoms with Crippen molar-refractivity contribution in [3.05, 3.63) is 48.5 Å². The number of carbonyl (C=O) groups excluding carboxylic acids is 1. The third kappa shape index (κ3) is 3.77. The van der Waals surface area contributed by atoms with Gasteiger partial charge in [0.05, 0.1) is 4.90 Å². The highest BCUT2D eigenvalue weighted by Crippen LogP contribution is 2.32. The molecular weight excluding hydrogens is 368 g/mol. The van der Waals surface area contributed by atoms with Gasteiger partial charge in [0.2, 0.25) is 15.9 Å². The molecule has 0 saturated carbocycles. The molecule has 1 N–H and O–H groups in total. The smallest absolute Gasteiger partial charge is 0.240 e. The average Bonchev–Trinajstić information content (AvgIpc) is 3.07. The molecule has 8 heteroatoms. The van der Waals surface area contributed by atoms with Crippen LogP contribution in [0, 0.1) is 5.92 Å². The number of nitrogens with zero attached hydrogens (tertiary/aromatic N) is 1. The molecule has 1 saturated heterocycles. The number of ether oxygens (including phenoxy) is 2. The summed E-state index contributed by atoms with van der Waals surface area (Å²) in [6.07, 6.45) is 0.318. The predicted octanol–water partition coefficient (Wildman–Crippen LogP) is 1.79. The van der Waals surface area contributed by atoms with E-state index in [9.17, 15) is 13.2 Å². The highest BCUT2D eigenvalue weighted by Gasteiger charge is 2.31. The number of sulfonamides is 1. The number of anilines is 1. The average molecular weight is 388 g/mol. The van der Waals surface area contributed by atoms with Crippen molar-refractivity contribution in [2.75, 3.05) is 31.2 Å². The zero-order chi connectivity index (χ0) is 18.9. The maximum absolute atomic E-state index is 12.6. The van der Waals surface area contributed by atoms with Gasteiger partial charge >= 0.3 is 0 Å². The number of hydrogen-bond donors (Lipinski definition) is 1. The van der Waals surface area contributed by atoms with E-state index < -0.39 is 10.0 Å². The number of nitrogens with one attached hydrogen (secondary N) is 1. The third-order valence-corrected chi connectivity index (χ3v) is 6.08. The van der Waals surface area contributed by atoms with E-state index in [0.717, 1.165) is 5.69 Å². The normalized spacial score (nSPS) is 19.3. The number of amides is 1. The largest absolute Gasteiger partial charge is 0.486 e. The number of carbonyl (C=O) groups is 1. The summed E-state index contributed by atoms with van der Waals surface area (Å²) < 4.78 is 38.7. The molecular formula is C19H20N2O5S. The van der Waals surface area contributed by atoms with Crippen molar-refractivity contribution in [2.24, 2.45) is 5.92 Å². The molecule has 1 fully saturated rings. The Balaban J connectivity index is 1.42. The van der Waals surface area contributed by atoms with Crippen molar-refractivity contribution in [1.29, 1.82) is 0 Å². The van der Waals surface area contributed by atoms with Crippen LogP contribution in [0.5, 0.6) is 11.5 Å². The summed E-state index contributed by atoms with van der Waals surface area (Å²) in [6.45, 7) is 1.53. The minimum atomic E-state index is -3.70. The van der Waals surface area contributed by atoms with Crippen LogP contribution in [0.1, 0.15) is 6.42 Å². The van der Waals surface area contributed by atoms with E-state index in [1.54, 1.807) is 11.0 Å². The van der Waals surface area contributed by atoms with Crippen LogP contribution in [0.25, 0.3) is 0 Å². The Labute approximate surface area is 157 Å². The van der Waals surface area contributed by atoms with Gasteiger partial charge in [0.15, 0.2) is 11.5 Å². The molecule has 2 aromatic rings. The molecule has 2 aliphatic heterocycles. The van der Waals surface area contributed by atoms with Gasteiger partial charge < -0.3 is 14.4 Å². The van der Waals surface area contributed by atoms with Gasteiger partial charge in [-0.25, -0.2) is 13.1 Å². The molecule has 1 amide bonds. The van der Waals surface area contributed by atoms with Crippen molar-refractivity contribution in [3.63, 3.8) is 0 Å². The molecule has 4 rings (SSSR count). The number of benzene rings is 2. The van der Waals surface area contributed by atoms with E-state index in [-0.39, 0.29) is 23.3 Å². The van der Waals surface area contributed by atoms with Crippen molar-refractivity contribution < 1.29 is 22.7 Å². The molecule has 0 radical (unpaired) electrons. The first-order valence-electron chi connectivity index (χ1n) is 8.78. The van der Waals surface area contributed by atoms with Crippen LogP contribution in [0.15, 0.2) is 53.4 Å². The van der Waals surface area contributed by atoms with E-state index in [0.29, 0.717) is 37.7 Å². The van der Waals surface area contributed by atoms with Crippen LogP contribution in [0.2, 0.25) is 0 Å². The third-order valence-electron chi connectivity index (χ3n) is 4.66. The number of rotatable bonds is 5. The van der Waals surface area contributed by atoms with Gasteiger partial charge in [0.25, 0.3) is 0 Å². The van der Waals surface area contributed by atoms with Crippen LogP contribution in [-0.4, -0.2) is 40.6 Å². The Hall–Kier alpha value is -2.58. The fourth-order valence-electron chi connectivity index (χ4n) is 3.28. The van der Waals surface area contributed by atoms with Gasteiger partial charge in [0, 0.05) is 31.3 Å². The zero-order valence-electron chi connectivity index (χ0n) is 14.6. The highest BCUT2D eigenvalue weighted by atomic mass is 32.2. The van der Waals surface area contributed by atoms with E-state index >= 15 is 0 Å². The summed E-state index contributed by atoms with van der Waals surface area (Å²) in [5.41, 5.74) is 0.833. The fraction of sp³-hybridized carbons (Fsp3) is 0.316. The molecule has 2 heterocycles. The first kappa shape index (κ1) is 17.8. The summed E-state index contributed by atoms with van der Waals surface area (Å²) in [7, 11) is -3.70. The van der Waals surface area contributed by atoms with Gasteiger partial charge in [-0.15, -0.1) is 0 Å². The minimum absolute atomic E-state index is 0.00438. The maximum Gasteiger partial charge on any atom is 0.240 e. The standard InChI is InChI=1S/C19H20N2O5S/c22-19-10-14(13-21(19)15-4-2-1-3-5-15)12-20-27(23,24)16-6-7-17-18(11-16)26-9-8-25-17/h1-7,11,14,20H,8-10,12-13H2/t14-/m0/s1. The van der Waals surface area contributed by atoms with Crippen molar-refractivity contribution in [3.8, 4) is 11.5 Å². The molecule has 1 atom stereocenters. The lowest BCUT2D eigenvalue weighted by molar-refractivity contribution is -0.117. The van der Waals surface area contributed by atoms with E-state index in [1.807, 2.05) is 30.3 Å². The van der Waals surface area contributed by atoms with E-state index in [4.69, 9.17) is 9.47 Å². The molecule has 27 heavy (non-hydrogen) atoms. The zero-order valence-corrected chi connectivity index (χ0v) is 15.4. The molecule has 2 aromatic carbocycles. The van der Waals surface area contributed by atoms with Crippen molar-refractivity contribution in [2.45, 2.75) is 11.3 Å². The van der Waals surface area contributed by atoms with Crippen LogP contribution in [0.3, 0.4) is 0 Å². The molecule has 7 nitrogen and oxygen atoms in total. The number of fused-ring (bicyclic) bond motifs is 1. The molecule has 0 aliphatic carbocycles. The maximum atomic E-state index is 12.6. The Kier molecular flexibility index (Phi) is 4.75. The Morgan fingerprint density at radius 2 is 1.78 bits per heavy atom. The fourth-order valence-corrected chi connectivity index (χ4v) is 4.41. The summed E-state index contributed by atoms with van der Waals surface area (Å²) >= 11 is 0. The second-order valence-electron chi connectivity index (χ2n) is 6.57.